The van der Waals surface area contributed by atoms with Crippen LogP contribution in [0.5, 0.6) is 0 Å². The Morgan fingerprint density at radius 1 is 1.07 bits per heavy atom. The van der Waals surface area contributed by atoms with Gasteiger partial charge in [0, 0.05) is 18.0 Å². The first-order valence-corrected chi connectivity index (χ1v) is 11.4. The van der Waals surface area contributed by atoms with Crippen LogP contribution >= 0.6 is 0 Å². The lowest BCUT2D eigenvalue weighted by molar-refractivity contribution is -0.148. The Balaban J connectivity index is 1.39. The van der Waals surface area contributed by atoms with E-state index in [0.29, 0.717) is 12.0 Å². The zero-order valence-corrected chi connectivity index (χ0v) is 16.6. The molecule has 1 atom stereocenters. The Bertz CT molecular complexity index is 877. The summed E-state index contributed by atoms with van der Waals surface area (Å²) >= 11 is 0. The van der Waals surface area contributed by atoms with Gasteiger partial charge in [-0.05, 0) is 49.3 Å². The second kappa shape index (κ2) is 8.86. The van der Waals surface area contributed by atoms with Crippen molar-refractivity contribution in [2.75, 3.05) is 18.1 Å². The molecule has 1 fully saturated rings. The molecule has 2 aliphatic rings. The van der Waals surface area contributed by atoms with Crippen LogP contribution in [-0.2, 0) is 37.0 Å². The Kier molecular flexibility index (Phi) is 6.49. The third kappa shape index (κ3) is 5.64. The lowest BCUT2D eigenvalue weighted by Gasteiger charge is -2.16. The molecule has 1 aromatic carbocycles. The average Bonchev–Trinajstić information content (AvgIpc) is 3.02. The van der Waals surface area contributed by atoms with Crippen molar-refractivity contribution < 1.29 is 27.5 Å². The maximum Gasteiger partial charge on any atom is 0.306 e. The fraction of sp³-hybridized carbons (Fsp3) is 0.550. The third-order valence-corrected chi connectivity index (χ3v) is 6.96. The second-order valence-electron chi connectivity index (χ2n) is 7.44. The van der Waals surface area contributed by atoms with Crippen molar-refractivity contribution in [1.29, 1.82) is 0 Å². The molecule has 0 radical (unpaired) electrons. The van der Waals surface area contributed by atoms with Gasteiger partial charge in [0.1, 0.15) is 0 Å². The zero-order valence-electron chi connectivity index (χ0n) is 15.7. The molecular weight excluding hydrogens is 382 g/mol. The number of benzene rings is 1. The van der Waals surface area contributed by atoms with Gasteiger partial charge in [-0.25, -0.2) is 8.42 Å². The SMILES string of the molecule is O=C(COC(=O)CCC(=O)c1ccc2c(c1)CCCC2)N[C@@H]1CCS(=O)(=O)C1. The predicted molar refractivity (Wildman–Crippen MR) is 103 cm³/mol. The molecule has 0 bridgehead atoms. The van der Waals surface area contributed by atoms with Gasteiger partial charge in [0.2, 0.25) is 0 Å². The number of Topliss-reactive ketones (excluding diaryl/α,β-unsaturated/α-hetero) is 1. The van der Waals surface area contributed by atoms with Crippen LogP contribution in [0.15, 0.2) is 18.2 Å². The number of amides is 1. The van der Waals surface area contributed by atoms with E-state index in [1.165, 1.54) is 17.5 Å². The predicted octanol–water partition coefficient (Wildman–Crippen LogP) is 1.37. The van der Waals surface area contributed by atoms with Gasteiger partial charge >= 0.3 is 5.97 Å². The first kappa shape index (κ1) is 20.5. The lowest BCUT2D eigenvalue weighted by Crippen LogP contribution is -2.38. The van der Waals surface area contributed by atoms with Gasteiger partial charge in [-0.3, -0.25) is 14.4 Å². The first-order valence-electron chi connectivity index (χ1n) is 9.63. The summed E-state index contributed by atoms with van der Waals surface area (Å²) in [6.07, 6.45) is 4.64. The van der Waals surface area contributed by atoms with E-state index in [2.05, 4.69) is 5.32 Å². The van der Waals surface area contributed by atoms with E-state index in [-0.39, 0.29) is 30.1 Å². The van der Waals surface area contributed by atoms with Gasteiger partial charge in [0.05, 0.1) is 17.9 Å². The van der Waals surface area contributed by atoms with Crippen LogP contribution in [0.4, 0.5) is 0 Å². The van der Waals surface area contributed by atoms with E-state index in [1.54, 1.807) is 6.07 Å². The molecule has 1 amide bonds. The Hall–Kier alpha value is -2.22. The van der Waals surface area contributed by atoms with E-state index in [9.17, 15) is 22.8 Å². The number of hydrogen-bond donors (Lipinski definition) is 1. The highest BCUT2D eigenvalue weighted by atomic mass is 32.2. The quantitative estimate of drug-likeness (QED) is 0.541. The number of rotatable bonds is 7. The number of ether oxygens (including phenoxy) is 1. The molecule has 28 heavy (non-hydrogen) atoms. The number of carbonyl (C=O) groups excluding carboxylic acids is 3. The fourth-order valence-corrected chi connectivity index (χ4v) is 5.34. The van der Waals surface area contributed by atoms with Crippen LogP contribution in [0.2, 0.25) is 0 Å². The van der Waals surface area contributed by atoms with Crippen molar-refractivity contribution in [3.8, 4) is 0 Å². The van der Waals surface area contributed by atoms with Crippen molar-refractivity contribution in [2.45, 2.75) is 51.0 Å². The molecular formula is C20H25NO6S. The smallest absolute Gasteiger partial charge is 0.306 e. The lowest BCUT2D eigenvalue weighted by atomic mass is 9.89. The molecule has 1 aliphatic heterocycles. The van der Waals surface area contributed by atoms with Crippen molar-refractivity contribution in [2.24, 2.45) is 0 Å². The number of esters is 1. The van der Waals surface area contributed by atoms with Crippen LogP contribution in [0, 0.1) is 0 Å². The number of aryl methyl sites for hydroxylation is 2. The number of ketones is 1. The number of hydrogen-bond acceptors (Lipinski definition) is 6. The summed E-state index contributed by atoms with van der Waals surface area (Å²) in [5.41, 5.74) is 3.11. The van der Waals surface area contributed by atoms with E-state index >= 15 is 0 Å². The van der Waals surface area contributed by atoms with Crippen LogP contribution in [0.3, 0.4) is 0 Å². The molecule has 7 nitrogen and oxygen atoms in total. The molecule has 1 N–H and O–H groups in total. The molecule has 0 saturated carbocycles. The van der Waals surface area contributed by atoms with Crippen LogP contribution in [0.1, 0.15) is 53.6 Å². The molecule has 1 aliphatic carbocycles. The van der Waals surface area contributed by atoms with Crippen molar-refractivity contribution >= 4 is 27.5 Å². The minimum absolute atomic E-state index is 0.0279. The summed E-state index contributed by atoms with van der Waals surface area (Å²) in [6.45, 7) is -0.470. The molecule has 0 aromatic heterocycles. The van der Waals surface area contributed by atoms with Crippen molar-refractivity contribution in [3.05, 3.63) is 34.9 Å². The van der Waals surface area contributed by atoms with Crippen molar-refractivity contribution in [3.63, 3.8) is 0 Å². The number of nitrogens with one attached hydrogen (secondary N) is 1. The molecule has 1 heterocycles. The topological polar surface area (TPSA) is 107 Å². The highest BCUT2D eigenvalue weighted by Gasteiger charge is 2.29. The fourth-order valence-electron chi connectivity index (χ4n) is 3.66. The summed E-state index contributed by atoms with van der Waals surface area (Å²) in [5, 5.41) is 2.55. The van der Waals surface area contributed by atoms with E-state index in [4.69, 9.17) is 4.74 Å². The van der Waals surface area contributed by atoms with Gasteiger partial charge in [-0.15, -0.1) is 0 Å². The largest absolute Gasteiger partial charge is 0.456 e. The summed E-state index contributed by atoms with van der Waals surface area (Å²) in [4.78, 5) is 35.9. The maximum atomic E-state index is 12.3. The van der Waals surface area contributed by atoms with Crippen LogP contribution in [0.25, 0.3) is 0 Å². The molecule has 0 spiro atoms. The van der Waals surface area contributed by atoms with E-state index < -0.39 is 34.4 Å². The van der Waals surface area contributed by atoms with Gasteiger partial charge in [0.15, 0.2) is 22.2 Å². The van der Waals surface area contributed by atoms with Gasteiger partial charge in [-0.2, -0.15) is 0 Å². The molecule has 3 rings (SSSR count). The normalized spacial score (nSPS) is 20.2. The minimum Gasteiger partial charge on any atom is -0.456 e. The molecule has 0 unspecified atom stereocenters. The monoisotopic (exact) mass is 407 g/mol. The molecule has 1 saturated heterocycles. The molecule has 1 aromatic rings. The average molecular weight is 407 g/mol. The highest BCUT2D eigenvalue weighted by molar-refractivity contribution is 7.91. The summed E-state index contributed by atoms with van der Waals surface area (Å²) in [5.74, 6) is -1.30. The summed E-state index contributed by atoms with van der Waals surface area (Å²) < 4.78 is 27.6. The Morgan fingerprint density at radius 2 is 1.82 bits per heavy atom. The summed E-state index contributed by atoms with van der Waals surface area (Å²) in [6, 6.07) is 5.29. The molecule has 8 heteroatoms. The van der Waals surface area contributed by atoms with Gasteiger partial charge in [0.25, 0.3) is 5.91 Å². The molecule has 152 valence electrons. The van der Waals surface area contributed by atoms with E-state index in [1.807, 2.05) is 12.1 Å². The summed E-state index contributed by atoms with van der Waals surface area (Å²) in [7, 11) is -3.08. The number of carbonyl (C=O) groups is 3. The first-order chi connectivity index (χ1) is 13.3. The highest BCUT2D eigenvalue weighted by Crippen LogP contribution is 2.23. The third-order valence-electron chi connectivity index (χ3n) is 5.19. The maximum absolute atomic E-state index is 12.3. The van der Waals surface area contributed by atoms with E-state index in [0.717, 1.165) is 19.3 Å². The van der Waals surface area contributed by atoms with Crippen LogP contribution < -0.4 is 5.32 Å². The second-order valence-corrected chi connectivity index (χ2v) is 9.67. The Morgan fingerprint density at radius 3 is 2.54 bits per heavy atom. The van der Waals surface area contributed by atoms with Gasteiger partial charge < -0.3 is 10.1 Å². The van der Waals surface area contributed by atoms with Gasteiger partial charge in [-0.1, -0.05) is 12.1 Å². The van der Waals surface area contributed by atoms with Crippen molar-refractivity contribution in [1.82, 2.24) is 5.32 Å². The minimum atomic E-state index is -3.08. The number of sulfone groups is 1. The Labute approximate surface area is 164 Å². The standard InChI is InChI=1S/C20H25NO6S/c22-18(16-6-5-14-3-1-2-4-15(14)11-16)7-8-20(24)27-12-19(23)21-17-9-10-28(25,26)13-17/h5-6,11,17H,1-4,7-10,12-13H2,(H,21,23)/t17-/m1/s1. The number of fused-ring (bicyclic) bond motifs is 1. The zero-order chi connectivity index (χ0) is 20.1. The van der Waals surface area contributed by atoms with Crippen LogP contribution in [-0.4, -0.2) is 50.2 Å².